The lowest BCUT2D eigenvalue weighted by molar-refractivity contribution is 0.0377. The second-order valence-electron chi connectivity index (χ2n) is 6.95. The third kappa shape index (κ3) is 3.27. The van der Waals surface area contributed by atoms with Gasteiger partial charge in [0.2, 0.25) is 0 Å². The van der Waals surface area contributed by atoms with Gasteiger partial charge in [0, 0.05) is 17.8 Å². The summed E-state index contributed by atoms with van der Waals surface area (Å²) < 4.78 is 38.5. The van der Waals surface area contributed by atoms with E-state index in [4.69, 9.17) is 9.47 Å². The van der Waals surface area contributed by atoms with Crippen LogP contribution >= 0.6 is 0 Å². The number of halogens is 2. The number of nitrogens with zero attached hydrogens (tertiary/aromatic N) is 1. The molecule has 28 heavy (non-hydrogen) atoms. The highest BCUT2D eigenvalue weighted by Gasteiger charge is 2.28. The highest BCUT2D eigenvalue weighted by atomic mass is 19.2. The highest BCUT2D eigenvalue weighted by Crippen LogP contribution is 2.34. The van der Waals surface area contributed by atoms with E-state index in [1.165, 1.54) is 0 Å². The molecule has 0 fully saturated rings. The first kappa shape index (κ1) is 18.6. The monoisotopic (exact) mass is 386 g/mol. The van der Waals surface area contributed by atoms with E-state index in [9.17, 15) is 13.6 Å². The van der Waals surface area contributed by atoms with Crippen LogP contribution in [0.25, 0.3) is 10.8 Å². The van der Waals surface area contributed by atoms with E-state index in [0.717, 1.165) is 29.0 Å². The molecule has 0 radical (unpaired) electrons. The average Bonchev–Trinajstić information content (AvgIpc) is 2.69. The molecule has 0 spiro atoms. The molecular formula is C21H20F2N2O3. The summed E-state index contributed by atoms with van der Waals surface area (Å²) >= 11 is 0. The lowest BCUT2D eigenvalue weighted by Crippen LogP contribution is -2.33. The van der Waals surface area contributed by atoms with Crippen molar-refractivity contribution >= 4 is 10.8 Å². The van der Waals surface area contributed by atoms with Crippen LogP contribution in [0.15, 0.2) is 41.2 Å². The van der Waals surface area contributed by atoms with Crippen LogP contribution in [0, 0.1) is 11.6 Å². The molecule has 7 heteroatoms. The van der Waals surface area contributed by atoms with Crippen molar-refractivity contribution in [1.29, 1.82) is 0 Å². The van der Waals surface area contributed by atoms with Gasteiger partial charge in [0.25, 0.3) is 5.56 Å². The van der Waals surface area contributed by atoms with Gasteiger partial charge in [-0.2, -0.15) is 0 Å². The summed E-state index contributed by atoms with van der Waals surface area (Å²) in [6, 6.07) is 9.58. The SMILES string of the molecule is COc1ccc(CN(C)C2COCc3[nH]c(=O)c4cc(F)c(F)cc4c32)cc1. The Morgan fingerprint density at radius 2 is 1.86 bits per heavy atom. The Balaban J connectivity index is 1.75. The number of methoxy groups -OCH3 is 1. The number of hydrogen-bond donors (Lipinski definition) is 1. The summed E-state index contributed by atoms with van der Waals surface area (Å²) in [6.07, 6.45) is 0. The van der Waals surface area contributed by atoms with Gasteiger partial charge in [-0.1, -0.05) is 12.1 Å². The summed E-state index contributed by atoms with van der Waals surface area (Å²) in [7, 11) is 3.55. The number of benzene rings is 2. The van der Waals surface area contributed by atoms with Crippen molar-refractivity contribution in [3.63, 3.8) is 0 Å². The minimum Gasteiger partial charge on any atom is -0.497 e. The van der Waals surface area contributed by atoms with Crippen LogP contribution < -0.4 is 10.3 Å². The smallest absolute Gasteiger partial charge is 0.256 e. The maximum absolute atomic E-state index is 14.0. The highest BCUT2D eigenvalue weighted by molar-refractivity contribution is 5.86. The first-order chi connectivity index (χ1) is 13.5. The number of aromatic nitrogens is 1. The number of rotatable bonds is 4. The molecule has 4 rings (SSSR count). The van der Waals surface area contributed by atoms with Gasteiger partial charge in [0.1, 0.15) is 5.75 Å². The largest absolute Gasteiger partial charge is 0.497 e. The molecule has 3 aromatic rings. The molecule has 1 atom stereocenters. The normalized spacial score (nSPS) is 16.4. The number of hydrogen-bond acceptors (Lipinski definition) is 4. The van der Waals surface area contributed by atoms with Gasteiger partial charge in [0.15, 0.2) is 11.6 Å². The number of fused-ring (bicyclic) bond motifs is 3. The van der Waals surface area contributed by atoms with E-state index in [0.29, 0.717) is 24.2 Å². The molecule has 0 saturated heterocycles. The van der Waals surface area contributed by atoms with Crippen LogP contribution in [0.5, 0.6) is 5.75 Å². The van der Waals surface area contributed by atoms with Crippen molar-refractivity contribution < 1.29 is 18.3 Å². The Morgan fingerprint density at radius 3 is 2.54 bits per heavy atom. The van der Waals surface area contributed by atoms with Crippen LogP contribution in [-0.2, 0) is 17.9 Å². The summed E-state index contributed by atoms with van der Waals surface area (Å²) in [5, 5.41) is 0.565. The van der Waals surface area contributed by atoms with E-state index in [1.54, 1.807) is 7.11 Å². The standard InChI is InChI=1S/C21H20F2N2O3/c1-25(9-12-3-5-13(27-2)6-4-12)19-11-28-10-18-20(19)14-7-16(22)17(23)8-15(14)21(26)24-18/h3-8,19H,9-11H2,1-2H3,(H,24,26). The minimum absolute atomic E-state index is 0.141. The maximum atomic E-state index is 14.0. The fourth-order valence-electron chi connectivity index (χ4n) is 3.72. The third-order valence-electron chi connectivity index (χ3n) is 5.16. The molecule has 5 nitrogen and oxygen atoms in total. The zero-order valence-corrected chi connectivity index (χ0v) is 15.6. The molecule has 2 aromatic carbocycles. The second-order valence-corrected chi connectivity index (χ2v) is 6.95. The van der Waals surface area contributed by atoms with Gasteiger partial charge in [-0.15, -0.1) is 0 Å². The molecule has 1 aromatic heterocycles. The van der Waals surface area contributed by atoms with Crippen molar-refractivity contribution in [3.05, 3.63) is 75.2 Å². The van der Waals surface area contributed by atoms with Crippen molar-refractivity contribution in [3.8, 4) is 5.75 Å². The van der Waals surface area contributed by atoms with E-state index < -0.39 is 17.2 Å². The molecule has 1 aliphatic rings. The molecular weight excluding hydrogens is 366 g/mol. The van der Waals surface area contributed by atoms with Crippen LogP contribution in [0.4, 0.5) is 8.78 Å². The lowest BCUT2D eigenvalue weighted by Gasteiger charge is -2.34. The Hall–Kier alpha value is -2.77. The number of pyridine rings is 1. The summed E-state index contributed by atoms with van der Waals surface area (Å²) in [5.74, 6) is -1.23. The van der Waals surface area contributed by atoms with Crippen molar-refractivity contribution in [1.82, 2.24) is 9.88 Å². The molecule has 1 unspecified atom stereocenters. The second kappa shape index (κ2) is 7.33. The zero-order chi connectivity index (χ0) is 19.8. The predicted molar refractivity (Wildman–Crippen MR) is 101 cm³/mol. The molecule has 0 bridgehead atoms. The van der Waals surface area contributed by atoms with E-state index >= 15 is 0 Å². The average molecular weight is 386 g/mol. The predicted octanol–water partition coefficient (Wildman–Crippen LogP) is 3.52. The summed E-state index contributed by atoms with van der Waals surface area (Å²) in [4.78, 5) is 17.2. The van der Waals surface area contributed by atoms with Crippen molar-refractivity contribution in [2.24, 2.45) is 0 Å². The molecule has 1 aliphatic heterocycles. The Kier molecular flexibility index (Phi) is 4.87. The Bertz CT molecular complexity index is 1080. The van der Waals surface area contributed by atoms with Gasteiger partial charge >= 0.3 is 0 Å². The van der Waals surface area contributed by atoms with Crippen molar-refractivity contribution in [2.45, 2.75) is 19.2 Å². The van der Waals surface area contributed by atoms with Crippen LogP contribution in [-0.4, -0.2) is 30.6 Å². The summed E-state index contributed by atoms with van der Waals surface area (Å²) in [5.41, 5.74) is 1.99. The fourth-order valence-corrected chi connectivity index (χ4v) is 3.72. The quantitative estimate of drug-likeness (QED) is 0.746. The van der Waals surface area contributed by atoms with E-state index in [1.807, 2.05) is 31.3 Å². The fraction of sp³-hybridized carbons (Fsp3) is 0.286. The molecule has 0 aliphatic carbocycles. The number of H-pyrrole nitrogens is 1. The zero-order valence-electron chi connectivity index (χ0n) is 15.6. The van der Waals surface area contributed by atoms with Gasteiger partial charge < -0.3 is 14.5 Å². The minimum atomic E-state index is -1.03. The maximum Gasteiger partial charge on any atom is 0.256 e. The number of aromatic amines is 1. The third-order valence-corrected chi connectivity index (χ3v) is 5.16. The van der Waals surface area contributed by atoms with Crippen LogP contribution in [0.2, 0.25) is 0 Å². The number of ether oxygens (including phenoxy) is 2. The molecule has 146 valence electrons. The van der Waals surface area contributed by atoms with E-state index in [2.05, 4.69) is 9.88 Å². The molecule has 2 heterocycles. The molecule has 0 saturated carbocycles. The number of likely N-dealkylation sites (N-methyl/N-ethyl adjacent to an activating group) is 1. The van der Waals surface area contributed by atoms with Gasteiger partial charge in [-0.25, -0.2) is 8.78 Å². The summed E-state index contributed by atoms with van der Waals surface area (Å²) in [6.45, 7) is 1.23. The molecule has 1 N–H and O–H groups in total. The first-order valence-electron chi connectivity index (χ1n) is 8.92. The van der Waals surface area contributed by atoms with Gasteiger partial charge in [-0.3, -0.25) is 9.69 Å². The molecule has 0 amide bonds. The van der Waals surface area contributed by atoms with E-state index in [-0.39, 0.29) is 18.0 Å². The Morgan fingerprint density at radius 1 is 1.18 bits per heavy atom. The van der Waals surface area contributed by atoms with Crippen LogP contribution in [0.3, 0.4) is 0 Å². The lowest BCUT2D eigenvalue weighted by atomic mass is 9.95. The van der Waals surface area contributed by atoms with Gasteiger partial charge in [-0.05, 0) is 42.3 Å². The Labute approximate surface area is 160 Å². The van der Waals surface area contributed by atoms with Crippen molar-refractivity contribution in [2.75, 3.05) is 20.8 Å². The van der Waals surface area contributed by atoms with Crippen LogP contribution in [0.1, 0.15) is 22.9 Å². The van der Waals surface area contributed by atoms with Gasteiger partial charge in [0.05, 0.1) is 31.8 Å². The topological polar surface area (TPSA) is 54.6 Å². The number of nitrogens with one attached hydrogen (secondary N) is 1. The first-order valence-corrected chi connectivity index (χ1v) is 8.92.